The fourth-order valence-electron chi connectivity index (χ4n) is 5.70. The molecule has 10 nitrogen and oxygen atoms in total. The predicted octanol–water partition coefficient (Wildman–Crippen LogP) is 2.64. The summed E-state index contributed by atoms with van der Waals surface area (Å²) >= 11 is 0. The summed E-state index contributed by atoms with van der Waals surface area (Å²) in [6.45, 7) is 1.97. The topological polar surface area (TPSA) is 94.7 Å². The molecule has 2 atom stereocenters. The van der Waals surface area contributed by atoms with E-state index < -0.39 is 12.2 Å². The zero-order chi connectivity index (χ0) is 28.3. The fourth-order valence-corrected chi connectivity index (χ4v) is 5.70. The molecular weight excluding hydrogens is 522 g/mol. The Morgan fingerprint density at radius 1 is 0.902 bits per heavy atom. The van der Waals surface area contributed by atoms with Crippen LogP contribution in [-0.2, 0) is 29.1 Å². The second kappa shape index (κ2) is 11.5. The number of nitrogens with one attached hydrogen (secondary N) is 1. The minimum Gasteiger partial charge on any atom is -0.486 e. The number of carbonyl (C=O) groups is 3. The minimum absolute atomic E-state index is 0.0103. The van der Waals surface area contributed by atoms with Gasteiger partial charge < -0.3 is 24.6 Å². The van der Waals surface area contributed by atoms with E-state index >= 15 is 0 Å². The first-order valence-corrected chi connectivity index (χ1v) is 13.8. The number of benzene rings is 3. The van der Waals surface area contributed by atoms with Crippen LogP contribution in [0.25, 0.3) is 0 Å². The van der Waals surface area contributed by atoms with E-state index in [-0.39, 0.29) is 30.9 Å². The number of urea groups is 1. The third-order valence-corrected chi connectivity index (χ3v) is 7.78. The molecule has 0 aliphatic carbocycles. The summed E-state index contributed by atoms with van der Waals surface area (Å²) < 4.78 is 11.4. The molecule has 0 aromatic heterocycles. The Kier molecular flexibility index (Phi) is 7.47. The molecular formula is C31H33N5O5. The van der Waals surface area contributed by atoms with Gasteiger partial charge in [-0.15, -0.1) is 0 Å². The third-order valence-electron chi connectivity index (χ3n) is 7.78. The second-order valence-corrected chi connectivity index (χ2v) is 10.4. The molecule has 3 aliphatic rings. The van der Waals surface area contributed by atoms with E-state index in [1.807, 2.05) is 78.9 Å². The van der Waals surface area contributed by atoms with Crippen LogP contribution in [0.2, 0.25) is 0 Å². The molecule has 10 heteroatoms. The number of amides is 4. The van der Waals surface area contributed by atoms with E-state index in [2.05, 4.69) is 5.32 Å². The Morgan fingerprint density at radius 2 is 1.59 bits per heavy atom. The molecule has 3 aromatic carbocycles. The number of hydrogen-bond donors (Lipinski definition) is 1. The highest BCUT2D eigenvalue weighted by Gasteiger charge is 2.51. The normalized spacial score (nSPS) is 20.1. The minimum atomic E-state index is -0.688. The molecule has 3 aromatic rings. The van der Waals surface area contributed by atoms with Gasteiger partial charge in [0.05, 0.1) is 13.1 Å². The van der Waals surface area contributed by atoms with Gasteiger partial charge in [-0.3, -0.25) is 14.6 Å². The monoisotopic (exact) mass is 555 g/mol. The van der Waals surface area contributed by atoms with Crippen LogP contribution in [-0.4, -0.2) is 83.2 Å². The van der Waals surface area contributed by atoms with Gasteiger partial charge in [0.1, 0.15) is 25.4 Å². The van der Waals surface area contributed by atoms with Gasteiger partial charge in [-0.05, 0) is 28.8 Å². The predicted molar refractivity (Wildman–Crippen MR) is 151 cm³/mol. The van der Waals surface area contributed by atoms with Crippen molar-refractivity contribution >= 4 is 17.8 Å². The molecule has 2 fully saturated rings. The molecule has 0 spiro atoms. The number of carbonyl (C=O) groups excluding carboxylic acids is 3. The van der Waals surface area contributed by atoms with Gasteiger partial charge in [-0.1, -0.05) is 66.7 Å². The van der Waals surface area contributed by atoms with Crippen molar-refractivity contribution in [2.24, 2.45) is 0 Å². The molecule has 212 valence electrons. The van der Waals surface area contributed by atoms with Gasteiger partial charge in [0.2, 0.25) is 11.8 Å². The SMILES string of the molecule is CN(C(=O)NCc1ccccc1)N1CC(=O)N2[C@@H](Cc3ccccc3)C(=O)N(Cc3ccc4c(c3)OCCO4)C[C@@H]21. The Balaban J connectivity index is 1.24. The quantitative estimate of drug-likeness (QED) is 0.482. The van der Waals surface area contributed by atoms with E-state index in [9.17, 15) is 14.4 Å². The Labute approximate surface area is 239 Å². The fraction of sp³-hybridized carbons (Fsp3) is 0.323. The van der Waals surface area contributed by atoms with Crippen LogP contribution in [0.4, 0.5) is 4.79 Å². The molecule has 1 N–H and O–H groups in total. The standard InChI is InChI=1S/C31H33N5O5/c1-33(31(39)32-18-23-10-6-3-7-11-23)35-21-29(37)36-25(16-22-8-4-2-5-9-22)30(38)34(20-28(35)36)19-24-12-13-26-27(17-24)41-15-14-40-26/h2-13,17,25,28H,14-16,18-21H2,1H3,(H,32,39)/t25-,28+/m0/s1. The number of hydrogen-bond acceptors (Lipinski definition) is 6. The number of rotatable bonds is 7. The van der Waals surface area contributed by atoms with Gasteiger partial charge in [0.25, 0.3) is 0 Å². The van der Waals surface area contributed by atoms with Crippen LogP contribution in [0.1, 0.15) is 16.7 Å². The van der Waals surface area contributed by atoms with E-state index in [1.54, 1.807) is 21.9 Å². The van der Waals surface area contributed by atoms with Crippen LogP contribution in [0, 0.1) is 0 Å². The summed E-state index contributed by atoms with van der Waals surface area (Å²) in [4.78, 5) is 44.0. The van der Waals surface area contributed by atoms with Crippen molar-refractivity contribution in [3.05, 3.63) is 95.6 Å². The van der Waals surface area contributed by atoms with Gasteiger partial charge in [0.15, 0.2) is 11.5 Å². The summed E-state index contributed by atoms with van der Waals surface area (Å²) in [6, 6.07) is 24.0. The van der Waals surface area contributed by atoms with Crippen molar-refractivity contribution in [3.63, 3.8) is 0 Å². The average Bonchev–Trinajstić information content (AvgIpc) is 3.34. The lowest BCUT2D eigenvalue weighted by atomic mass is 10.00. The van der Waals surface area contributed by atoms with Crippen molar-refractivity contribution in [1.82, 2.24) is 25.1 Å². The molecule has 0 bridgehead atoms. The second-order valence-electron chi connectivity index (χ2n) is 10.4. The van der Waals surface area contributed by atoms with Gasteiger partial charge in [0, 0.05) is 26.6 Å². The molecule has 6 rings (SSSR count). The molecule has 41 heavy (non-hydrogen) atoms. The van der Waals surface area contributed by atoms with Crippen molar-refractivity contribution in [2.45, 2.75) is 31.7 Å². The molecule has 3 aliphatic heterocycles. The molecule has 2 saturated heterocycles. The van der Waals surface area contributed by atoms with Crippen LogP contribution in [0.15, 0.2) is 78.9 Å². The van der Waals surface area contributed by atoms with Crippen LogP contribution < -0.4 is 14.8 Å². The smallest absolute Gasteiger partial charge is 0.332 e. The number of nitrogens with zero attached hydrogens (tertiary/aromatic N) is 4. The number of fused-ring (bicyclic) bond motifs is 2. The lowest BCUT2D eigenvalue weighted by Gasteiger charge is -2.45. The van der Waals surface area contributed by atoms with Gasteiger partial charge in [-0.25, -0.2) is 4.79 Å². The maximum atomic E-state index is 13.9. The highest BCUT2D eigenvalue weighted by Crippen LogP contribution is 2.33. The summed E-state index contributed by atoms with van der Waals surface area (Å²) in [5.74, 6) is 1.05. The molecule has 0 saturated carbocycles. The maximum absolute atomic E-state index is 13.9. The van der Waals surface area contributed by atoms with Crippen LogP contribution in [0.5, 0.6) is 11.5 Å². The van der Waals surface area contributed by atoms with E-state index in [0.717, 1.165) is 16.7 Å². The van der Waals surface area contributed by atoms with E-state index in [1.165, 1.54) is 5.01 Å². The summed E-state index contributed by atoms with van der Waals surface area (Å²) in [5, 5.41) is 6.15. The van der Waals surface area contributed by atoms with Crippen LogP contribution >= 0.6 is 0 Å². The van der Waals surface area contributed by atoms with Crippen molar-refractivity contribution in [3.8, 4) is 11.5 Å². The number of ether oxygens (including phenoxy) is 2. The molecule has 3 heterocycles. The van der Waals surface area contributed by atoms with Crippen molar-refractivity contribution < 1.29 is 23.9 Å². The van der Waals surface area contributed by atoms with Gasteiger partial charge >= 0.3 is 6.03 Å². The lowest BCUT2D eigenvalue weighted by Crippen LogP contribution is -2.65. The summed E-state index contributed by atoms with van der Waals surface area (Å²) in [6.07, 6.45) is -0.101. The zero-order valence-corrected chi connectivity index (χ0v) is 22.9. The average molecular weight is 556 g/mol. The highest BCUT2D eigenvalue weighted by atomic mass is 16.6. The van der Waals surface area contributed by atoms with Crippen molar-refractivity contribution in [2.75, 3.05) is 33.4 Å². The first kappa shape index (κ1) is 26.6. The Morgan fingerprint density at radius 3 is 2.32 bits per heavy atom. The van der Waals surface area contributed by atoms with Crippen LogP contribution in [0.3, 0.4) is 0 Å². The zero-order valence-electron chi connectivity index (χ0n) is 22.9. The van der Waals surface area contributed by atoms with Gasteiger partial charge in [-0.2, -0.15) is 5.01 Å². The first-order chi connectivity index (χ1) is 20.0. The highest BCUT2D eigenvalue weighted by molar-refractivity contribution is 5.91. The maximum Gasteiger partial charge on any atom is 0.332 e. The Hall–Kier alpha value is -4.57. The van der Waals surface area contributed by atoms with E-state index in [4.69, 9.17) is 9.47 Å². The summed E-state index contributed by atoms with van der Waals surface area (Å²) in [5.41, 5.74) is 2.84. The molecule has 4 amide bonds. The number of piperazine rings is 1. The number of hydrazine groups is 1. The molecule has 0 unspecified atom stereocenters. The molecule has 0 radical (unpaired) electrons. The van der Waals surface area contributed by atoms with Crippen molar-refractivity contribution in [1.29, 1.82) is 0 Å². The summed E-state index contributed by atoms with van der Waals surface area (Å²) in [7, 11) is 1.66. The lowest BCUT2D eigenvalue weighted by molar-refractivity contribution is -0.157. The Bertz CT molecular complexity index is 1420. The first-order valence-electron chi connectivity index (χ1n) is 13.8. The third kappa shape index (κ3) is 5.55. The van der Waals surface area contributed by atoms with E-state index in [0.29, 0.717) is 44.2 Å². The largest absolute Gasteiger partial charge is 0.486 e.